The first kappa shape index (κ1) is 10.9. The van der Waals surface area contributed by atoms with Gasteiger partial charge in [0.2, 0.25) is 0 Å². The first-order valence-electron chi connectivity index (χ1n) is 5.22. The normalized spacial score (nSPS) is 20.1. The number of hydrogen-bond acceptors (Lipinski definition) is 3. The Hall–Kier alpha value is -1.62. The molecule has 0 radical (unpaired) electrons. The van der Waals surface area contributed by atoms with Crippen molar-refractivity contribution in [2.45, 2.75) is 12.5 Å². The molecule has 1 fully saturated rings. The maximum absolute atomic E-state index is 11.9. The van der Waals surface area contributed by atoms with Crippen LogP contribution in [0.3, 0.4) is 0 Å². The molecule has 1 aromatic heterocycles. The van der Waals surface area contributed by atoms with Crippen molar-refractivity contribution in [1.29, 1.82) is 0 Å². The molecule has 1 aliphatic heterocycles. The van der Waals surface area contributed by atoms with Gasteiger partial charge in [-0.1, -0.05) is 0 Å². The van der Waals surface area contributed by atoms with Crippen LogP contribution in [0.15, 0.2) is 23.1 Å². The SMILES string of the molecule is Cn1ccc(C(=O)N2CC[C@H](O)C2)cc1=O. The highest BCUT2D eigenvalue weighted by Gasteiger charge is 2.25. The quantitative estimate of drug-likeness (QED) is 0.702. The largest absolute Gasteiger partial charge is 0.391 e. The predicted octanol–water partition coefficient (Wildman–Crippen LogP) is -0.408. The third-order valence-electron chi connectivity index (χ3n) is 2.80. The van der Waals surface area contributed by atoms with E-state index in [2.05, 4.69) is 0 Å². The highest BCUT2D eigenvalue weighted by Crippen LogP contribution is 2.12. The number of nitrogens with zero attached hydrogens (tertiary/aromatic N) is 2. The molecule has 1 aromatic rings. The summed E-state index contributed by atoms with van der Waals surface area (Å²) in [5, 5.41) is 9.33. The van der Waals surface area contributed by atoms with E-state index >= 15 is 0 Å². The number of likely N-dealkylation sites (tertiary alicyclic amines) is 1. The summed E-state index contributed by atoms with van der Waals surface area (Å²) in [5.41, 5.74) is 0.183. The van der Waals surface area contributed by atoms with Crippen LogP contribution in [0.4, 0.5) is 0 Å². The van der Waals surface area contributed by atoms with E-state index in [1.54, 1.807) is 24.2 Å². The Morgan fingerprint density at radius 2 is 2.31 bits per heavy atom. The van der Waals surface area contributed by atoms with Crippen molar-refractivity contribution < 1.29 is 9.90 Å². The molecule has 1 aliphatic rings. The molecule has 1 atom stereocenters. The van der Waals surface area contributed by atoms with Crippen molar-refractivity contribution in [3.05, 3.63) is 34.2 Å². The van der Waals surface area contributed by atoms with Crippen molar-refractivity contribution >= 4 is 5.91 Å². The van der Waals surface area contributed by atoms with Crippen LogP contribution in [0, 0.1) is 0 Å². The Kier molecular flexibility index (Phi) is 2.78. The van der Waals surface area contributed by atoms with Crippen LogP contribution in [-0.4, -0.2) is 39.7 Å². The predicted molar refractivity (Wildman–Crippen MR) is 58.2 cm³/mol. The van der Waals surface area contributed by atoms with Gasteiger partial charge in [0.25, 0.3) is 11.5 Å². The molecule has 5 nitrogen and oxygen atoms in total. The Morgan fingerprint density at radius 1 is 1.56 bits per heavy atom. The van der Waals surface area contributed by atoms with Gasteiger partial charge < -0.3 is 14.6 Å². The lowest BCUT2D eigenvalue weighted by Gasteiger charge is -2.15. The van der Waals surface area contributed by atoms with Gasteiger partial charge >= 0.3 is 0 Å². The molecule has 1 amide bonds. The second-order valence-electron chi connectivity index (χ2n) is 4.06. The molecule has 2 heterocycles. The van der Waals surface area contributed by atoms with Gasteiger partial charge in [-0.3, -0.25) is 9.59 Å². The minimum atomic E-state index is -0.435. The van der Waals surface area contributed by atoms with E-state index in [9.17, 15) is 14.7 Å². The fourth-order valence-corrected chi connectivity index (χ4v) is 1.79. The van der Waals surface area contributed by atoms with Crippen molar-refractivity contribution in [3.8, 4) is 0 Å². The maximum Gasteiger partial charge on any atom is 0.254 e. The molecule has 0 unspecified atom stereocenters. The van der Waals surface area contributed by atoms with E-state index in [0.29, 0.717) is 25.1 Å². The number of aryl methyl sites for hydroxylation is 1. The lowest BCUT2D eigenvalue weighted by Crippen LogP contribution is -2.30. The van der Waals surface area contributed by atoms with Gasteiger partial charge in [-0.15, -0.1) is 0 Å². The molecule has 0 saturated carbocycles. The topological polar surface area (TPSA) is 62.5 Å². The minimum absolute atomic E-state index is 0.186. The fourth-order valence-electron chi connectivity index (χ4n) is 1.79. The summed E-state index contributed by atoms with van der Waals surface area (Å²) < 4.78 is 1.41. The monoisotopic (exact) mass is 222 g/mol. The third-order valence-corrected chi connectivity index (χ3v) is 2.80. The van der Waals surface area contributed by atoms with E-state index in [0.717, 1.165) is 0 Å². The zero-order valence-corrected chi connectivity index (χ0v) is 9.09. The summed E-state index contributed by atoms with van der Waals surface area (Å²) in [5.74, 6) is -0.186. The Balaban J connectivity index is 2.21. The number of β-amino-alcohol motifs (C(OH)–C–C–N with tert-alkyl or cyclic N) is 1. The zero-order valence-electron chi connectivity index (χ0n) is 9.09. The first-order chi connectivity index (χ1) is 7.58. The van der Waals surface area contributed by atoms with Gasteiger partial charge in [0.05, 0.1) is 6.10 Å². The average Bonchev–Trinajstić information content (AvgIpc) is 2.68. The average molecular weight is 222 g/mol. The molecule has 1 saturated heterocycles. The summed E-state index contributed by atoms with van der Waals surface area (Å²) in [6, 6.07) is 2.95. The Labute approximate surface area is 92.9 Å². The highest BCUT2D eigenvalue weighted by atomic mass is 16.3. The number of pyridine rings is 1. The van der Waals surface area contributed by atoms with E-state index in [-0.39, 0.29) is 11.5 Å². The van der Waals surface area contributed by atoms with E-state index in [1.165, 1.54) is 10.6 Å². The van der Waals surface area contributed by atoms with Crippen molar-refractivity contribution in [2.75, 3.05) is 13.1 Å². The molecule has 0 aromatic carbocycles. The molecule has 0 spiro atoms. The smallest absolute Gasteiger partial charge is 0.254 e. The van der Waals surface area contributed by atoms with Gasteiger partial charge in [0.1, 0.15) is 0 Å². The zero-order chi connectivity index (χ0) is 11.7. The van der Waals surface area contributed by atoms with Gasteiger partial charge in [-0.2, -0.15) is 0 Å². The summed E-state index contributed by atoms with van der Waals surface area (Å²) in [6.45, 7) is 0.906. The molecular weight excluding hydrogens is 208 g/mol. The first-order valence-corrected chi connectivity index (χ1v) is 5.22. The molecule has 16 heavy (non-hydrogen) atoms. The van der Waals surface area contributed by atoms with Gasteiger partial charge in [0.15, 0.2) is 0 Å². The third kappa shape index (κ3) is 1.99. The van der Waals surface area contributed by atoms with E-state index < -0.39 is 6.10 Å². The molecular formula is C11H14N2O3. The van der Waals surface area contributed by atoms with Crippen LogP contribution in [0.5, 0.6) is 0 Å². The highest BCUT2D eigenvalue weighted by molar-refractivity contribution is 5.94. The number of carbonyl (C=O) groups excluding carboxylic acids is 1. The molecule has 1 N–H and O–H groups in total. The molecule has 86 valence electrons. The minimum Gasteiger partial charge on any atom is -0.391 e. The van der Waals surface area contributed by atoms with Gasteiger partial charge in [0, 0.05) is 38.0 Å². The van der Waals surface area contributed by atoms with Crippen molar-refractivity contribution in [2.24, 2.45) is 7.05 Å². The number of amides is 1. The van der Waals surface area contributed by atoms with Crippen LogP contribution in [0.2, 0.25) is 0 Å². The van der Waals surface area contributed by atoms with Crippen LogP contribution >= 0.6 is 0 Å². The van der Waals surface area contributed by atoms with Gasteiger partial charge in [-0.25, -0.2) is 0 Å². The van der Waals surface area contributed by atoms with Crippen LogP contribution in [-0.2, 0) is 7.05 Å². The lowest BCUT2D eigenvalue weighted by atomic mass is 10.2. The summed E-state index contributed by atoms with van der Waals surface area (Å²) in [7, 11) is 1.64. The number of carbonyl (C=O) groups is 1. The summed E-state index contributed by atoms with van der Waals surface area (Å²) in [6.07, 6.45) is 1.74. The van der Waals surface area contributed by atoms with Crippen LogP contribution < -0.4 is 5.56 Å². The number of aliphatic hydroxyl groups is 1. The molecule has 5 heteroatoms. The van der Waals surface area contributed by atoms with E-state index in [1.807, 2.05) is 0 Å². The van der Waals surface area contributed by atoms with Crippen LogP contribution in [0.25, 0.3) is 0 Å². The maximum atomic E-state index is 11.9. The Morgan fingerprint density at radius 3 is 2.88 bits per heavy atom. The number of rotatable bonds is 1. The number of aliphatic hydroxyl groups excluding tert-OH is 1. The Bertz CT molecular complexity index is 467. The van der Waals surface area contributed by atoms with E-state index in [4.69, 9.17) is 0 Å². The fraction of sp³-hybridized carbons (Fsp3) is 0.455. The number of hydrogen-bond donors (Lipinski definition) is 1. The summed E-state index contributed by atoms with van der Waals surface area (Å²) in [4.78, 5) is 24.9. The second-order valence-corrected chi connectivity index (χ2v) is 4.06. The molecule has 0 bridgehead atoms. The van der Waals surface area contributed by atoms with Crippen molar-refractivity contribution in [3.63, 3.8) is 0 Å². The second kappa shape index (κ2) is 4.09. The van der Waals surface area contributed by atoms with Gasteiger partial charge in [-0.05, 0) is 12.5 Å². The van der Waals surface area contributed by atoms with Crippen LogP contribution in [0.1, 0.15) is 16.8 Å². The summed E-state index contributed by atoms with van der Waals surface area (Å²) >= 11 is 0. The van der Waals surface area contributed by atoms with Crippen molar-refractivity contribution in [1.82, 2.24) is 9.47 Å². The standard InChI is InChI=1S/C11H14N2O3/c1-12-4-2-8(6-10(12)15)11(16)13-5-3-9(14)7-13/h2,4,6,9,14H,3,5,7H2,1H3/t9-/m0/s1. The lowest BCUT2D eigenvalue weighted by molar-refractivity contribution is 0.0764. The number of aromatic nitrogens is 1. The molecule has 2 rings (SSSR count). The molecule has 0 aliphatic carbocycles.